The van der Waals surface area contributed by atoms with Crippen molar-refractivity contribution in [1.82, 2.24) is 9.88 Å². The summed E-state index contributed by atoms with van der Waals surface area (Å²) >= 11 is 0. The number of nitrogens with one attached hydrogen (secondary N) is 2. The molecular formula is C27H29N3O3. The zero-order chi connectivity index (χ0) is 23.2. The molecule has 0 fully saturated rings. The number of amides is 2. The number of ether oxygens (including phenoxy) is 2. The van der Waals surface area contributed by atoms with Crippen LogP contribution in [-0.4, -0.2) is 36.7 Å². The summed E-state index contributed by atoms with van der Waals surface area (Å²) in [7, 11) is 3.31. The van der Waals surface area contributed by atoms with Crippen molar-refractivity contribution in [3.05, 3.63) is 89.6 Å². The smallest absolute Gasteiger partial charge is 0.322 e. The van der Waals surface area contributed by atoms with Crippen LogP contribution < -0.4 is 14.8 Å². The summed E-state index contributed by atoms with van der Waals surface area (Å²) in [6.07, 6.45) is 2.72. The first-order chi connectivity index (χ1) is 16.1. The van der Waals surface area contributed by atoms with Crippen molar-refractivity contribution in [3.63, 3.8) is 0 Å². The average Bonchev–Trinajstić information content (AvgIpc) is 3.25. The Morgan fingerprint density at radius 2 is 1.64 bits per heavy atom. The van der Waals surface area contributed by atoms with Crippen molar-refractivity contribution in [2.75, 3.05) is 26.1 Å². The third-order valence-corrected chi connectivity index (χ3v) is 5.75. The number of rotatable bonds is 8. The molecule has 6 nitrogen and oxygen atoms in total. The Labute approximate surface area is 194 Å². The van der Waals surface area contributed by atoms with Gasteiger partial charge in [0, 0.05) is 35.9 Å². The predicted molar refractivity (Wildman–Crippen MR) is 132 cm³/mol. The number of fused-ring (bicyclic) bond motifs is 1. The fourth-order valence-corrected chi connectivity index (χ4v) is 3.79. The number of aryl methyl sites for hydroxylation is 1. The lowest BCUT2D eigenvalue weighted by molar-refractivity contribution is 0.210. The Hall–Kier alpha value is -3.93. The highest BCUT2D eigenvalue weighted by molar-refractivity contribution is 5.89. The Bertz CT molecular complexity index is 1210. The van der Waals surface area contributed by atoms with E-state index < -0.39 is 0 Å². The van der Waals surface area contributed by atoms with Crippen LogP contribution in [0.15, 0.2) is 72.9 Å². The van der Waals surface area contributed by atoms with E-state index >= 15 is 0 Å². The fraction of sp³-hybridized carbons (Fsp3) is 0.222. The number of aromatic amines is 1. The SMILES string of the molecule is COc1ccc(CN(CCc2c[nH]c3ccc(OC)cc23)C(=O)Nc2ccc(C)cc2)cc1. The topological polar surface area (TPSA) is 66.6 Å². The number of anilines is 1. The van der Waals surface area contributed by atoms with Gasteiger partial charge >= 0.3 is 6.03 Å². The molecule has 0 saturated carbocycles. The number of benzene rings is 3. The molecule has 0 aliphatic heterocycles. The molecule has 0 unspecified atom stereocenters. The van der Waals surface area contributed by atoms with Gasteiger partial charge in [-0.05, 0) is 66.9 Å². The molecule has 0 aliphatic rings. The molecule has 33 heavy (non-hydrogen) atoms. The van der Waals surface area contributed by atoms with E-state index in [-0.39, 0.29) is 6.03 Å². The molecule has 2 N–H and O–H groups in total. The van der Waals surface area contributed by atoms with Gasteiger partial charge in [0.1, 0.15) is 11.5 Å². The third-order valence-electron chi connectivity index (χ3n) is 5.75. The molecule has 4 aromatic rings. The zero-order valence-corrected chi connectivity index (χ0v) is 19.2. The minimum absolute atomic E-state index is 0.132. The van der Waals surface area contributed by atoms with Gasteiger partial charge in [0.2, 0.25) is 0 Å². The van der Waals surface area contributed by atoms with Crippen molar-refractivity contribution >= 4 is 22.6 Å². The Morgan fingerprint density at radius 1 is 0.939 bits per heavy atom. The number of hydrogen-bond donors (Lipinski definition) is 2. The lowest BCUT2D eigenvalue weighted by Crippen LogP contribution is -2.36. The molecule has 1 heterocycles. The summed E-state index contributed by atoms with van der Waals surface area (Å²) in [6, 6.07) is 21.5. The van der Waals surface area contributed by atoms with Crippen molar-refractivity contribution in [3.8, 4) is 11.5 Å². The number of aromatic nitrogens is 1. The van der Waals surface area contributed by atoms with Crippen LogP contribution in [0.25, 0.3) is 10.9 Å². The minimum Gasteiger partial charge on any atom is -0.497 e. The summed E-state index contributed by atoms with van der Waals surface area (Å²) in [5.74, 6) is 1.61. The van der Waals surface area contributed by atoms with Crippen LogP contribution in [0, 0.1) is 6.92 Å². The Balaban J connectivity index is 1.53. The highest BCUT2D eigenvalue weighted by atomic mass is 16.5. The van der Waals surface area contributed by atoms with Gasteiger partial charge in [-0.25, -0.2) is 4.79 Å². The van der Waals surface area contributed by atoms with Gasteiger partial charge in [0.05, 0.1) is 14.2 Å². The molecule has 170 valence electrons. The second-order valence-corrected chi connectivity index (χ2v) is 8.04. The molecule has 0 atom stereocenters. The minimum atomic E-state index is -0.132. The van der Waals surface area contributed by atoms with Crippen LogP contribution in [-0.2, 0) is 13.0 Å². The summed E-state index contributed by atoms with van der Waals surface area (Å²) in [5.41, 5.74) is 5.17. The summed E-state index contributed by atoms with van der Waals surface area (Å²) < 4.78 is 10.6. The highest BCUT2D eigenvalue weighted by Crippen LogP contribution is 2.24. The molecule has 0 saturated heterocycles. The molecular weight excluding hydrogens is 414 g/mol. The number of hydrogen-bond acceptors (Lipinski definition) is 3. The van der Waals surface area contributed by atoms with Crippen molar-refractivity contribution in [1.29, 1.82) is 0 Å². The maximum atomic E-state index is 13.2. The van der Waals surface area contributed by atoms with E-state index in [1.54, 1.807) is 14.2 Å². The van der Waals surface area contributed by atoms with Crippen LogP contribution in [0.2, 0.25) is 0 Å². The van der Waals surface area contributed by atoms with Crippen LogP contribution in [0.1, 0.15) is 16.7 Å². The van der Waals surface area contributed by atoms with Crippen molar-refractivity contribution in [2.24, 2.45) is 0 Å². The molecule has 1 aromatic heterocycles. The molecule has 2 amide bonds. The van der Waals surface area contributed by atoms with Gasteiger partial charge in [0.15, 0.2) is 0 Å². The summed E-state index contributed by atoms with van der Waals surface area (Å²) in [6.45, 7) is 3.08. The van der Waals surface area contributed by atoms with E-state index in [1.165, 1.54) is 0 Å². The van der Waals surface area contributed by atoms with E-state index in [0.717, 1.165) is 44.8 Å². The molecule has 4 rings (SSSR count). The van der Waals surface area contributed by atoms with Gasteiger partial charge in [-0.1, -0.05) is 29.8 Å². The molecule has 0 spiro atoms. The van der Waals surface area contributed by atoms with E-state index in [0.29, 0.717) is 19.5 Å². The highest BCUT2D eigenvalue weighted by Gasteiger charge is 2.16. The van der Waals surface area contributed by atoms with Gasteiger partial charge in [0.25, 0.3) is 0 Å². The zero-order valence-electron chi connectivity index (χ0n) is 19.2. The monoisotopic (exact) mass is 443 g/mol. The normalized spacial score (nSPS) is 10.8. The molecule has 3 aromatic carbocycles. The van der Waals surface area contributed by atoms with Gasteiger partial charge in [-0.15, -0.1) is 0 Å². The fourth-order valence-electron chi connectivity index (χ4n) is 3.79. The van der Waals surface area contributed by atoms with Gasteiger partial charge in [-0.2, -0.15) is 0 Å². The third kappa shape index (κ3) is 5.47. The second-order valence-electron chi connectivity index (χ2n) is 8.04. The Morgan fingerprint density at radius 3 is 2.33 bits per heavy atom. The number of nitrogens with zero attached hydrogens (tertiary/aromatic N) is 1. The van der Waals surface area contributed by atoms with E-state index in [4.69, 9.17) is 9.47 Å². The average molecular weight is 444 g/mol. The van der Waals surface area contributed by atoms with Gasteiger partial charge in [-0.3, -0.25) is 0 Å². The number of carbonyl (C=O) groups is 1. The first-order valence-electron chi connectivity index (χ1n) is 11.0. The summed E-state index contributed by atoms with van der Waals surface area (Å²) in [5, 5.41) is 4.14. The number of H-pyrrole nitrogens is 1. The van der Waals surface area contributed by atoms with Crippen LogP contribution in [0.4, 0.5) is 10.5 Å². The number of carbonyl (C=O) groups excluding carboxylic acids is 1. The van der Waals surface area contributed by atoms with Gasteiger partial charge < -0.3 is 24.7 Å². The summed E-state index contributed by atoms with van der Waals surface area (Å²) in [4.78, 5) is 18.4. The molecule has 6 heteroatoms. The van der Waals surface area contributed by atoms with E-state index in [2.05, 4.69) is 10.3 Å². The van der Waals surface area contributed by atoms with E-state index in [1.807, 2.05) is 84.8 Å². The quantitative estimate of drug-likeness (QED) is 0.363. The van der Waals surface area contributed by atoms with Crippen LogP contribution >= 0.6 is 0 Å². The molecule has 0 aliphatic carbocycles. The predicted octanol–water partition coefficient (Wildman–Crippen LogP) is 5.77. The number of methoxy groups -OCH3 is 2. The maximum Gasteiger partial charge on any atom is 0.322 e. The van der Waals surface area contributed by atoms with Crippen LogP contribution in [0.3, 0.4) is 0 Å². The van der Waals surface area contributed by atoms with Crippen molar-refractivity contribution in [2.45, 2.75) is 19.9 Å². The largest absolute Gasteiger partial charge is 0.497 e. The standard InChI is InChI=1S/C27H29N3O3/c1-19-4-8-22(9-5-19)29-27(31)30(18-20-6-10-23(32-2)11-7-20)15-14-21-17-28-26-13-12-24(33-3)16-25(21)26/h4-13,16-17,28H,14-15,18H2,1-3H3,(H,29,31). The lowest BCUT2D eigenvalue weighted by atomic mass is 10.1. The Kier molecular flexibility index (Phi) is 6.83. The lowest BCUT2D eigenvalue weighted by Gasteiger charge is -2.23. The van der Waals surface area contributed by atoms with E-state index in [9.17, 15) is 4.79 Å². The van der Waals surface area contributed by atoms with Crippen LogP contribution in [0.5, 0.6) is 11.5 Å². The molecule has 0 bridgehead atoms. The first-order valence-corrected chi connectivity index (χ1v) is 11.0. The first kappa shape index (κ1) is 22.3. The molecule has 0 radical (unpaired) electrons. The second kappa shape index (κ2) is 10.1. The number of urea groups is 1. The van der Waals surface area contributed by atoms with Crippen molar-refractivity contribution < 1.29 is 14.3 Å². The maximum absolute atomic E-state index is 13.2.